The van der Waals surface area contributed by atoms with Crippen LogP contribution >= 0.6 is 0 Å². The average molecular weight is 251 g/mol. The Morgan fingerprint density at radius 1 is 1.28 bits per heavy atom. The number of amides is 2. The first kappa shape index (κ1) is 14.0. The highest BCUT2D eigenvalue weighted by atomic mass is 16.6. The second-order valence-electron chi connectivity index (χ2n) is 4.64. The van der Waals surface area contributed by atoms with Crippen LogP contribution in [0.4, 0.5) is 10.5 Å². The highest BCUT2D eigenvalue weighted by molar-refractivity contribution is 5.93. The van der Waals surface area contributed by atoms with Crippen LogP contribution < -0.4 is 10.6 Å². The number of ether oxygens (including phenoxy) is 1. The highest BCUT2D eigenvalue weighted by Gasteiger charge is 2.16. The molecule has 0 unspecified atom stereocenters. The number of carbonyl (C=O) groups is 2. The van der Waals surface area contributed by atoms with Crippen LogP contribution in [0.15, 0.2) is 24.5 Å². The number of alkyl carbamates (subject to hydrolysis) is 1. The molecule has 0 aliphatic heterocycles. The maximum atomic E-state index is 11.5. The zero-order chi connectivity index (χ0) is 13.6. The zero-order valence-corrected chi connectivity index (χ0v) is 10.7. The summed E-state index contributed by atoms with van der Waals surface area (Å²) in [7, 11) is 0. The molecule has 18 heavy (non-hydrogen) atoms. The maximum absolute atomic E-state index is 11.5. The lowest BCUT2D eigenvalue weighted by atomic mass is 10.2. The van der Waals surface area contributed by atoms with Crippen molar-refractivity contribution in [2.24, 2.45) is 0 Å². The topological polar surface area (TPSA) is 80.3 Å². The summed E-state index contributed by atoms with van der Waals surface area (Å²) in [6.07, 6.45) is 2.51. The zero-order valence-electron chi connectivity index (χ0n) is 10.7. The van der Waals surface area contributed by atoms with Gasteiger partial charge in [-0.1, -0.05) is 0 Å². The van der Waals surface area contributed by atoms with Gasteiger partial charge < -0.3 is 15.4 Å². The van der Waals surface area contributed by atoms with Crippen LogP contribution in [0.2, 0.25) is 0 Å². The first-order chi connectivity index (χ1) is 8.37. The van der Waals surface area contributed by atoms with Crippen molar-refractivity contribution in [2.75, 3.05) is 11.9 Å². The van der Waals surface area contributed by atoms with E-state index in [1.54, 1.807) is 45.3 Å². The summed E-state index contributed by atoms with van der Waals surface area (Å²) in [5.41, 5.74) is 0.0482. The fourth-order valence-corrected chi connectivity index (χ4v) is 1.11. The van der Waals surface area contributed by atoms with Crippen LogP contribution in [-0.4, -0.2) is 29.1 Å². The summed E-state index contributed by atoms with van der Waals surface area (Å²) >= 11 is 0. The Hall–Kier alpha value is -2.11. The van der Waals surface area contributed by atoms with Crippen molar-refractivity contribution in [1.82, 2.24) is 10.3 Å². The Bertz CT molecular complexity index is 412. The molecule has 0 aliphatic rings. The number of nitrogens with one attached hydrogen (secondary N) is 2. The monoisotopic (exact) mass is 251 g/mol. The lowest BCUT2D eigenvalue weighted by molar-refractivity contribution is -0.115. The molecular weight excluding hydrogens is 234 g/mol. The van der Waals surface area contributed by atoms with E-state index in [1.165, 1.54) is 0 Å². The number of rotatable bonds is 3. The van der Waals surface area contributed by atoms with Crippen LogP contribution in [0.3, 0.4) is 0 Å². The van der Waals surface area contributed by atoms with Crippen LogP contribution in [0.1, 0.15) is 20.8 Å². The van der Waals surface area contributed by atoms with Crippen LogP contribution in [0.5, 0.6) is 0 Å². The van der Waals surface area contributed by atoms with Crippen molar-refractivity contribution in [3.05, 3.63) is 24.5 Å². The molecule has 1 heterocycles. The van der Waals surface area contributed by atoms with Crippen molar-refractivity contribution < 1.29 is 14.3 Å². The van der Waals surface area contributed by atoms with Crippen molar-refractivity contribution in [1.29, 1.82) is 0 Å². The van der Waals surface area contributed by atoms with Crippen molar-refractivity contribution in [3.8, 4) is 0 Å². The van der Waals surface area contributed by atoms with E-state index >= 15 is 0 Å². The van der Waals surface area contributed by atoms with E-state index in [4.69, 9.17) is 4.74 Å². The number of pyridine rings is 1. The summed E-state index contributed by atoms with van der Waals surface area (Å²) in [5.74, 6) is -0.327. The van der Waals surface area contributed by atoms with Gasteiger partial charge >= 0.3 is 6.09 Å². The van der Waals surface area contributed by atoms with Crippen molar-refractivity contribution in [2.45, 2.75) is 26.4 Å². The van der Waals surface area contributed by atoms with Gasteiger partial charge in [0.25, 0.3) is 0 Å². The third kappa shape index (κ3) is 5.83. The van der Waals surface area contributed by atoms with Gasteiger partial charge in [0.05, 0.1) is 0 Å². The molecule has 0 atom stereocenters. The highest BCUT2D eigenvalue weighted by Crippen LogP contribution is 2.06. The SMILES string of the molecule is CC(C)(C)OC(=O)NCC(=O)Nc1ccncc1. The minimum atomic E-state index is -0.618. The molecule has 0 bridgehead atoms. The second-order valence-corrected chi connectivity index (χ2v) is 4.64. The van der Waals surface area contributed by atoms with Crippen LogP contribution in [0.25, 0.3) is 0 Å². The molecule has 0 saturated carbocycles. The van der Waals surface area contributed by atoms with E-state index < -0.39 is 11.7 Å². The van der Waals surface area contributed by atoms with Gasteiger partial charge in [-0.15, -0.1) is 0 Å². The molecule has 98 valence electrons. The Balaban J connectivity index is 2.32. The van der Waals surface area contributed by atoms with Gasteiger partial charge in [0, 0.05) is 18.1 Å². The molecule has 2 N–H and O–H groups in total. The smallest absolute Gasteiger partial charge is 0.408 e. The molecular formula is C12H17N3O3. The lowest BCUT2D eigenvalue weighted by Gasteiger charge is -2.19. The second kappa shape index (κ2) is 6.00. The van der Waals surface area contributed by atoms with Crippen LogP contribution in [-0.2, 0) is 9.53 Å². The van der Waals surface area contributed by atoms with E-state index in [2.05, 4.69) is 15.6 Å². The van der Waals surface area contributed by atoms with Gasteiger partial charge in [-0.2, -0.15) is 0 Å². The molecule has 0 fully saturated rings. The molecule has 0 saturated heterocycles. The van der Waals surface area contributed by atoms with Gasteiger partial charge in [-0.05, 0) is 32.9 Å². The van der Waals surface area contributed by atoms with Gasteiger partial charge in [0.15, 0.2) is 0 Å². The molecule has 2 amide bonds. The van der Waals surface area contributed by atoms with E-state index in [1.807, 2.05) is 0 Å². The Morgan fingerprint density at radius 2 is 1.89 bits per heavy atom. The quantitative estimate of drug-likeness (QED) is 0.854. The summed E-state index contributed by atoms with van der Waals surface area (Å²) in [5, 5.41) is 4.98. The first-order valence-corrected chi connectivity index (χ1v) is 5.53. The molecule has 6 nitrogen and oxygen atoms in total. The Labute approximate surface area is 106 Å². The summed E-state index contributed by atoms with van der Waals surface area (Å²) in [6, 6.07) is 3.32. The van der Waals surface area contributed by atoms with Crippen molar-refractivity contribution in [3.63, 3.8) is 0 Å². The predicted octanol–water partition coefficient (Wildman–Crippen LogP) is 1.54. The van der Waals surface area contributed by atoms with Gasteiger partial charge in [0.1, 0.15) is 12.1 Å². The van der Waals surface area contributed by atoms with E-state index in [-0.39, 0.29) is 12.5 Å². The van der Waals surface area contributed by atoms with Gasteiger partial charge in [-0.25, -0.2) is 4.79 Å². The minimum absolute atomic E-state index is 0.142. The van der Waals surface area contributed by atoms with E-state index in [9.17, 15) is 9.59 Å². The predicted molar refractivity (Wildman–Crippen MR) is 67.1 cm³/mol. The Kier molecular flexibility index (Phi) is 4.65. The fourth-order valence-electron chi connectivity index (χ4n) is 1.11. The third-order valence-electron chi connectivity index (χ3n) is 1.76. The third-order valence-corrected chi connectivity index (χ3v) is 1.76. The molecule has 1 rings (SSSR count). The number of hydrogen-bond donors (Lipinski definition) is 2. The molecule has 0 spiro atoms. The number of anilines is 1. The first-order valence-electron chi connectivity index (χ1n) is 5.53. The normalized spacial score (nSPS) is 10.6. The lowest BCUT2D eigenvalue weighted by Crippen LogP contribution is -2.37. The fraction of sp³-hybridized carbons (Fsp3) is 0.417. The average Bonchev–Trinajstić information content (AvgIpc) is 2.25. The van der Waals surface area contributed by atoms with Gasteiger partial charge in [0.2, 0.25) is 5.91 Å². The Morgan fingerprint density at radius 3 is 2.44 bits per heavy atom. The number of carbonyl (C=O) groups excluding carboxylic acids is 2. The molecule has 6 heteroatoms. The van der Waals surface area contributed by atoms with E-state index in [0.29, 0.717) is 5.69 Å². The summed E-state index contributed by atoms with van der Waals surface area (Å²) in [4.78, 5) is 26.6. The van der Waals surface area contributed by atoms with Gasteiger partial charge in [-0.3, -0.25) is 9.78 Å². The van der Waals surface area contributed by atoms with Crippen molar-refractivity contribution >= 4 is 17.7 Å². The maximum Gasteiger partial charge on any atom is 0.408 e. The van der Waals surface area contributed by atoms with Crippen LogP contribution in [0, 0.1) is 0 Å². The molecule has 0 radical (unpaired) electrons. The molecule has 0 aromatic carbocycles. The largest absolute Gasteiger partial charge is 0.444 e. The summed E-state index contributed by atoms with van der Waals surface area (Å²) < 4.78 is 5.00. The molecule has 0 aliphatic carbocycles. The molecule has 1 aromatic heterocycles. The standard InChI is InChI=1S/C12H17N3O3/c1-12(2,3)18-11(17)14-8-10(16)15-9-4-6-13-7-5-9/h4-7H,8H2,1-3H3,(H,14,17)(H,13,15,16). The molecule has 1 aromatic rings. The number of aromatic nitrogens is 1. The number of hydrogen-bond acceptors (Lipinski definition) is 4. The van der Waals surface area contributed by atoms with E-state index in [0.717, 1.165) is 0 Å². The minimum Gasteiger partial charge on any atom is -0.444 e. The number of nitrogens with zero attached hydrogens (tertiary/aromatic N) is 1. The summed E-state index contributed by atoms with van der Waals surface area (Å²) in [6.45, 7) is 5.12.